The first kappa shape index (κ1) is 11.5. The van der Waals surface area contributed by atoms with Crippen molar-refractivity contribution in [3.8, 4) is 0 Å². The van der Waals surface area contributed by atoms with E-state index in [1.165, 1.54) is 12.8 Å². The molecule has 1 aliphatic rings. The van der Waals surface area contributed by atoms with Crippen molar-refractivity contribution < 1.29 is 4.79 Å². The predicted molar refractivity (Wildman–Crippen MR) is 58.0 cm³/mol. The molecule has 2 atom stereocenters. The van der Waals surface area contributed by atoms with Crippen LogP contribution in [0.4, 0.5) is 0 Å². The van der Waals surface area contributed by atoms with Crippen LogP contribution in [-0.4, -0.2) is 25.0 Å². The van der Waals surface area contributed by atoms with E-state index in [0.717, 1.165) is 13.1 Å². The smallest absolute Gasteiger partial charge is 0.222 e. The van der Waals surface area contributed by atoms with Crippen LogP contribution in [-0.2, 0) is 4.79 Å². The second kappa shape index (κ2) is 5.35. The van der Waals surface area contributed by atoms with Crippen LogP contribution in [0.25, 0.3) is 0 Å². The molecule has 3 nitrogen and oxygen atoms in total. The minimum atomic E-state index is 0.0916. The second-order valence-corrected chi connectivity index (χ2v) is 4.58. The van der Waals surface area contributed by atoms with Gasteiger partial charge in [-0.1, -0.05) is 20.8 Å². The van der Waals surface area contributed by atoms with Gasteiger partial charge in [0.15, 0.2) is 0 Å². The van der Waals surface area contributed by atoms with Gasteiger partial charge in [0.1, 0.15) is 0 Å². The summed E-state index contributed by atoms with van der Waals surface area (Å²) in [4.78, 5) is 11.4. The third-order valence-corrected chi connectivity index (χ3v) is 2.95. The molecule has 0 aliphatic carbocycles. The molecule has 0 bridgehead atoms. The van der Waals surface area contributed by atoms with Gasteiger partial charge in [0.25, 0.3) is 0 Å². The molecule has 1 saturated heterocycles. The van der Waals surface area contributed by atoms with Crippen LogP contribution in [0.1, 0.15) is 33.6 Å². The van der Waals surface area contributed by atoms with Gasteiger partial charge in [-0.25, -0.2) is 0 Å². The molecule has 0 spiro atoms. The molecule has 1 rings (SSSR count). The highest BCUT2D eigenvalue weighted by Crippen LogP contribution is 2.14. The standard InChI is InChI=1S/C11H22N2O/c1-8(2)11(14)13-7-10-9(3)5-4-6-12-10/h8-10,12H,4-7H2,1-3H3,(H,13,14). The van der Waals surface area contributed by atoms with Crippen molar-refractivity contribution in [1.82, 2.24) is 10.6 Å². The van der Waals surface area contributed by atoms with Crippen molar-refractivity contribution in [2.75, 3.05) is 13.1 Å². The first-order chi connectivity index (χ1) is 6.61. The molecule has 0 aromatic rings. The Bertz CT molecular complexity index is 192. The molecule has 1 fully saturated rings. The molecule has 82 valence electrons. The molecule has 0 aromatic carbocycles. The van der Waals surface area contributed by atoms with E-state index in [1.54, 1.807) is 0 Å². The maximum absolute atomic E-state index is 11.4. The Balaban J connectivity index is 2.26. The zero-order valence-corrected chi connectivity index (χ0v) is 9.47. The van der Waals surface area contributed by atoms with Gasteiger partial charge < -0.3 is 10.6 Å². The minimum Gasteiger partial charge on any atom is -0.354 e. The van der Waals surface area contributed by atoms with Crippen LogP contribution in [0.3, 0.4) is 0 Å². The number of carbonyl (C=O) groups is 1. The number of nitrogens with one attached hydrogen (secondary N) is 2. The molecular formula is C11H22N2O. The average Bonchev–Trinajstić information content (AvgIpc) is 2.16. The van der Waals surface area contributed by atoms with Gasteiger partial charge in [-0.3, -0.25) is 4.79 Å². The second-order valence-electron chi connectivity index (χ2n) is 4.58. The molecule has 1 amide bonds. The minimum absolute atomic E-state index is 0.0916. The molecule has 2 unspecified atom stereocenters. The molecule has 14 heavy (non-hydrogen) atoms. The fourth-order valence-electron chi connectivity index (χ4n) is 1.80. The Labute approximate surface area is 86.6 Å². The van der Waals surface area contributed by atoms with Crippen LogP contribution in [0.2, 0.25) is 0 Å². The average molecular weight is 198 g/mol. The van der Waals surface area contributed by atoms with E-state index in [1.807, 2.05) is 13.8 Å². The lowest BCUT2D eigenvalue weighted by atomic mass is 9.92. The number of hydrogen-bond donors (Lipinski definition) is 2. The van der Waals surface area contributed by atoms with E-state index >= 15 is 0 Å². The van der Waals surface area contributed by atoms with E-state index < -0.39 is 0 Å². The lowest BCUT2D eigenvalue weighted by Crippen LogP contribution is -2.48. The lowest BCUT2D eigenvalue weighted by Gasteiger charge is -2.30. The third kappa shape index (κ3) is 3.29. The SMILES string of the molecule is CC(C)C(=O)NCC1NCCCC1C. The molecule has 1 heterocycles. The van der Waals surface area contributed by atoms with Crippen LogP contribution < -0.4 is 10.6 Å². The predicted octanol–water partition coefficient (Wildman–Crippen LogP) is 1.15. The number of amides is 1. The summed E-state index contributed by atoms with van der Waals surface area (Å²) in [7, 11) is 0. The van der Waals surface area contributed by atoms with Gasteiger partial charge in [-0.15, -0.1) is 0 Å². The monoisotopic (exact) mass is 198 g/mol. The highest BCUT2D eigenvalue weighted by Gasteiger charge is 2.21. The summed E-state index contributed by atoms with van der Waals surface area (Å²) in [6.45, 7) is 7.96. The molecule has 3 heteroatoms. The van der Waals surface area contributed by atoms with Crippen LogP contribution >= 0.6 is 0 Å². The number of rotatable bonds is 3. The van der Waals surface area contributed by atoms with Gasteiger partial charge in [0.05, 0.1) is 0 Å². The van der Waals surface area contributed by atoms with Gasteiger partial charge in [-0.2, -0.15) is 0 Å². The molecule has 0 saturated carbocycles. The summed E-state index contributed by atoms with van der Waals surface area (Å²) >= 11 is 0. The van der Waals surface area contributed by atoms with E-state index in [2.05, 4.69) is 17.6 Å². The summed E-state index contributed by atoms with van der Waals surface area (Å²) in [6.07, 6.45) is 2.53. The van der Waals surface area contributed by atoms with Crippen molar-refractivity contribution in [3.05, 3.63) is 0 Å². The summed E-state index contributed by atoms with van der Waals surface area (Å²) in [5.74, 6) is 0.926. The van der Waals surface area contributed by atoms with Crippen molar-refractivity contribution in [1.29, 1.82) is 0 Å². The number of hydrogen-bond acceptors (Lipinski definition) is 2. The first-order valence-corrected chi connectivity index (χ1v) is 5.62. The van der Waals surface area contributed by atoms with E-state index in [-0.39, 0.29) is 11.8 Å². The van der Waals surface area contributed by atoms with Crippen LogP contribution in [0.5, 0.6) is 0 Å². The van der Waals surface area contributed by atoms with Gasteiger partial charge >= 0.3 is 0 Å². The summed E-state index contributed by atoms with van der Waals surface area (Å²) in [5.41, 5.74) is 0. The van der Waals surface area contributed by atoms with E-state index in [0.29, 0.717) is 12.0 Å². The zero-order valence-electron chi connectivity index (χ0n) is 9.47. The zero-order chi connectivity index (χ0) is 10.6. The maximum Gasteiger partial charge on any atom is 0.222 e. The topological polar surface area (TPSA) is 41.1 Å². The van der Waals surface area contributed by atoms with Crippen LogP contribution in [0.15, 0.2) is 0 Å². The molecular weight excluding hydrogens is 176 g/mol. The Morgan fingerprint density at radius 1 is 1.57 bits per heavy atom. The molecule has 2 N–H and O–H groups in total. The third-order valence-electron chi connectivity index (χ3n) is 2.95. The van der Waals surface area contributed by atoms with Crippen molar-refractivity contribution in [2.24, 2.45) is 11.8 Å². The molecule has 0 radical (unpaired) electrons. The summed E-state index contributed by atoms with van der Waals surface area (Å²) in [5, 5.41) is 6.43. The molecule has 0 aromatic heterocycles. The summed E-state index contributed by atoms with van der Waals surface area (Å²) < 4.78 is 0. The Kier molecular flexibility index (Phi) is 4.39. The number of carbonyl (C=O) groups excluding carboxylic acids is 1. The van der Waals surface area contributed by atoms with E-state index in [9.17, 15) is 4.79 Å². The van der Waals surface area contributed by atoms with Crippen molar-refractivity contribution >= 4 is 5.91 Å². The Hall–Kier alpha value is -0.570. The Morgan fingerprint density at radius 3 is 2.86 bits per heavy atom. The quantitative estimate of drug-likeness (QED) is 0.714. The maximum atomic E-state index is 11.4. The van der Waals surface area contributed by atoms with Crippen molar-refractivity contribution in [2.45, 2.75) is 39.7 Å². The highest BCUT2D eigenvalue weighted by molar-refractivity contribution is 5.77. The van der Waals surface area contributed by atoms with E-state index in [4.69, 9.17) is 0 Å². The van der Waals surface area contributed by atoms with Gasteiger partial charge in [0, 0.05) is 18.5 Å². The highest BCUT2D eigenvalue weighted by atomic mass is 16.1. The Morgan fingerprint density at radius 2 is 2.29 bits per heavy atom. The normalized spacial score (nSPS) is 27.7. The largest absolute Gasteiger partial charge is 0.354 e. The lowest BCUT2D eigenvalue weighted by molar-refractivity contribution is -0.124. The van der Waals surface area contributed by atoms with Gasteiger partial charge in [-0.05, 0) is 25.3 Å². The van der Waals surface area contributed by atoms with Gasteiger partial charge in [0.2, 0.25) is 5.91 Å². The fourth-order valence-corrected chi connectivity index (χ4v) is 1.80. The fraction of sp³-hybridized carbons (Fsp3) is 0.909. The first-order valence-electron chi connectivity index (χ1n) is 5.62. The molecule has 1 aliphatic heterocycles. The summed E-state index contributed by atoms with van der Waals surface area (Å²) in [6, 6.07) is 0.464. The van der Waals surface area contributed by atoms with Crippen LogP contribution in [0, 0.1) is 11.8 Å². The van der Waals surface area contributed by atoms with Crippen molar-refractivity contribution in [3.63, 3.8) is 0 Å². The number of piperidine rings is 1.